The first-order valence-electron chi connectivity index (χ1n) is 4.60. The fourth-order valence-electron chi connectivity index (χ4n) is 1.36. The fraction of sp³-hybridized carbons (Fsp3) is 0.182. The zero-order valence-corrected chi connectivity index (χ0v) is 9.04. The number of benzene rings is 1. The van der Waals surface area contributed by atoms with Crippen LogP contribution in [0.1, 0.15) is 22.0 Å². The summed E-state index contributed by atoms with van der Waals surface area (Å²) in [7, 11) is 1.10. The van der Waals surface area contributed by atoms with Crippen molar-refractivity contribution in [2.45, 2.75) is 6.10 Å². The smallest absolute Gasteiger partial charge is 0.338 e. The van der Waals surface area contributed by atoms with Crippen molar-refractivity contribution in [1.29, 1.82) is 0 Å². The molecule has 0 amide bonds. The van der Waals surface area contributed by atoms with E-state index in [2.05, 4.69) is 11.3 Å². The van der Waals surface area contributed by atoms with Gasteiger partial charge in [0.1, 0.15) is 6.10 Å². The number of phenolic OH excluding ortho intramolecular Hbond substituents is 3. The van der Waals surface area contributed by atoms with Gasteiger partial charge in [0.2, 0.25) is 5.75 Å². The number of carbonyl (C=O) groups is 1. The van der Waals surface area contributed by atoms with E-state index in [4.69, 9.17) is 0 Å². The molecule has 0 aliphatic heterocycles. The summed E-state index contributed by atoms with van der Waals surface area (Å²) in [5, 5.41) is 37.7. The van der Waals surface area contributed by atoms with Gasteiger partial charge in [0.15, 0.2) is 11.5 Å². The van der Waals surface area contributed by atoms with Gasteiger partial charge in [-0.05, 0) is 6.07 Å². The van der Waals surface area contributed by atoms with E-state index in [9.17, 15) is 25.2 Å². The van der Waals surface area contributed by atoms with Gasteiger partial charge in [0.05, 0.1) is 12.7 Å². The first-order chi connectivity index (χ1) is 7.93. The van der Waals surface area contributed by atoms with Crippen LogP contribution in [-0.4, -0.2) is 33.5 Å². The second kappa shape index (κ2) is 4.75. The Morgan fingerprint density at radius 3 is 2.47 bits per heavy atom. The van der Waals surface area contributed by atoms with Crippen LogP contribution >= 0.6 is 0 Å². The average Bonchev–Trinajstić information content (AvgIpc) is 2.33. The minimum atomic E-state index is -1.38. The van der Waals surface area contributed by atoms with Gasteiger partial charge in [-0.25, -0.2) is 4.79 Å². The number of rotatable bonds is 3. The van der Waals surface area contributed by atoms with E-state index in [1.807, 2.05) is 0 Å². The van der Waals surface area contributed by atoms with Gasteiger partial charge in [-0.2, -0.15) is 0 Å². The third-order valence-corrected chi connectivity index (χ3v) is 2.22. The molecule has 92 valence electrons. The highest BCUT2D eigenvalue weighted by atomic mass is 16.5. The molecule has 17 heavy (non-hydrogen) atoms. The predicted octanol–water partition coefficient (Wildman–Crippen LogP) is 0.809. The fourth-order valence-corrected chi connectivity index (χ4v) is 1.36. The first kappa shape index (κ1) is 12.9. The molecule has 1 aromatic rings. The lowest BCUT2D eigenvalue weighted by Gasteiger charge is -2.14. The maximum absolute atomic E-state index is 11.4. The molecule has 1 atom stereocenters. The Bertz CT molecular complexity index is 466. The Morgan fingerprint density at radius 2 is 2.00 bits per heavy atom. The molecular weight excluding hydrogens is 228 g/mol. The van der Waals surface area contributed by atoms with Crippen LogP contribution in [0.3, 0.4) is 0 Å². The van der Waals surface area contributed by atoms with E-state index in [-0.39, 0.29) is 11.1 Å². The quantitative estimate of drug-likeness (QED) is 0.354. The van der Waals surface area contributed by atoms with E-state index >= 15 is 0 Å². The topological polar surface area (TPSA) is 107 Å². The molecule has 0 aliphatic carbocycles. The highest BCUT2D eigenvalue weighted by Crippen LogP contribution is 2.42. The predicted molar refractivity (Wildman–Crippen MR) is 57.9 cm³/mol. The number of hydrogen-bond acceptors (Lipinski definition) is 6. The summed E-state index contributed by atoms with van der Waals surface area (Å²) >= 11 is 0. The average molecular weight is 240 g/mol. The summed E-state index contributed by atoms with van der Waals surface area (Å²) in [6.07, 6.45) is -0.326. The number of carbonyl (C=O) groups excluding carboxylic acids is 1. The highest BCUT2D eigenvalue weighted by molar-refractivity contribution is 5.93. The number of phenols is 3. The molecule has 0 heterocycles. The molecule has 0 saturated heterocycles. The van der Waals surface area contributed by atoms with Crippen molar-refractivity contribution in [3.63, 3.8) is 0 Å². The molecule has 0 saturated carbocycles. The lowest BCUT2D eigenvalue weighted by atomic mass is 9.99. The van der Waals surface area contributed by atoms with E-state index in [0.29, 0.717) is 0 Å². The second-order valence-corrected chi connectivity index (χ2v) is 3.23. The minimum absolute atomic E-state index is 0.257. The monoisotopic (exact) mass is 240 g/mol. The Balaban J connectivity index is 3.57. The lowest BCUT2D eigenvalue weighted by Crippen LogP contribution is -2.08. The molecule has 6 nitrogen and oxygen atoms in total. The molecule has 0 spiro atoms. The number of aliphatic hydroxyl groups excluding tert-OH is 1. The number of aliphatic hydroxyl groups is 1. The van der Waals surface area contributed by atoms with Crippen molar-refractivity contribution in [3.8, 4) is 17.2 Å². The Morgan fingerprint density at radius 1 is 1.41 bits per heavy atom. The summed E-state index contributed by atoms with van der Waals surface area (Å²) in [5.41, 5.74) is -0.533. The van der Waals surface area contributed by atoms with Gasteiger partial charge >= 0.3 is 5.97 Å². The third-order valence-electron chi connectivity index (χ3n) is 2.22. The SMILES string of the molecule is C=CC(O)c1c(C(=O)OC)cc(O)c(O)c1O. The largest absolute Gasteiger partial charge is 0.504 e. The third kappa shape index (κ3) is 2.16. The van der Waals surface area contributed by atoms with Crippen molar-refractivity contribution < 1.29 is 30.0 Å². The van der Waals surface area contributed by atoms with Crippen LogP contribution in [0.2, 0.25) is 0 Å². The van der Waals surface area contributed by atoms with E-state index in [0.717, 1.165) is 19.3 Å². The Hall–Kier alpha value is -2.21. The maximum atomic E-state index is 11.4. The van der Waals surface area contributed by atoms with Crippen molar-refractivity contribution in [2.24, 2.45) is 0 Å². The van der Waals surface area contributed by atoms with Gasteiger partial charge in [-0.1, -0.05) is 6.08 Å². The number of esters is 1. The lowest BCUT2D eigenvalue weighted by molar-refractivity contribution is 0.0594. The van der Waals surface area contributed by atoms with Crippen LogP contribution < -0.4 is 0 Å². The summed E-state index contributed by atoms with van der Waals surface area (Å²) in [6, 6.07) is 0.892. The van der Waals surface area contributed by atoms with Gasteiger partial charge < -0.3 is 25.2 Å². The van der Waals surface area contributed by atoms with Crippen molar-refractivity contribution in [3.05, 3.63) is 29.8 Å². The number of aromatic hydroxyl groups is 3. The molecule has 0 aliphatic rings. The number of ether oxygens (including phenoxy) is 1. The Kier molecular flexibility index (Phi) is 3.59. The molecule has 0 bridgehead atoms. The van der Waals surface area contributed by atoms with Crippen LogP contribution in [0, 0.1) is 0 Å². The highest BCUT2D eigenvalue weighted by Gasteiger charge is 2.25. The number of hydrogen-bond donors (Lipinski definition) is 4. The summed E-state index contributed by atoms with van der Waals surface area (Å²) in [4.78, 5) is 11.4. The van der Waals surface area contributed by atoms with Gasteiger partial charge in [-0.15, -0.1) is 6.58 Å². The van der Waals surface area contributed by atoms with Crippen LogP contribution in [-0.2, 0) is 4.74 Å². The maximum Gasteiger partial charge on any atom is 0.338 e. The first-order valence-corrected chi connectivity index (χ1v) is 4.60. The molecule has 0 radical (unpaired) electrons. The van der Waals surface area contributed by atoms with Crippen LogP contribution in [0.15, 0.2) is 18.7 Å². The van der Waals surface area contributed by atoms with Crippen molar-refractivity contribution in [2.75, 3.05) is 7.11 Å². The molecule has 0 fully saturated rings. The second-order valence-electron chi connectivity index (χ2n) is 3.23. The molecule has 1 rings (SSSR count). The summed E-state index contributed by atoms with van der Waals surface area (Å²) in [6.45, 7) is 3.30. The van der Waals surface area contributed by atoms with E-state index in [1.54, 1.807) is 0 Å². The molecule has 0 aromatic heterocycles. The Labute approximate surface area is 97.0 Å². The van der Waals surface area contributed by atoms with Crippen LogP contribution in [0.25, 0.3) is 0 Å². The zero-order valence-electron chi connectivity index (χ0n) is 9.04. The minimum Gasteiger partial charge on any atom is -0.504 e. The van der Waals surface area contributed by atoms with Crippen LogP contribution in [0.4, 0.5) is 0 Å². The number of methoxy groups -OCH3 is 1. The molecule has 4 N–H and O–H groups in total. The van der Waals surface area contributed by atoms with Gasteiger partial charge in [0, 0.05) is 5.56 Å². The molecule has 1 unspecified atom stereocenters. The summed E-state index contributed by atoms with van der Waals surface area (Å²) < 4.78 is 4.43. The molecular formula is C11H12O6. The normalized spacial score (nSPS) is 11.9. The standard InChI is InChI=1S/C11H12O6/c1-3-6(12)8-5(11(16)17-2)4-7(13)9(14)10(8)15/h3-4,6,12-15H,1H2,2H3. The van der Waals surface area contributed by atoms with Gasteiger partial charge in [0.25, 0.3) is 0 Å². The van der Waals surface area contributed by atoms with Crippen LogP contribution in [0.5, 0.6) is 17.2 Å². The summed E-state index contributed by atoms with van der Waals surface area (Å²) in [5.74, 6) is -3.18. The molecule has 6 heteroatoms. The zero-order chi connectivity index (χ0) is 13.2. The van der Waals surface area contributed by atoms with E-state index < -0.39 is 29.3 Å². The molecule has 1 aromatic carbocycles. The van der Waals surface area contributed by atoms with E-state index in [1.165, 1.54) is 0 Å². The van der Waals surface area contributed by atoms with Crippen molar-refractivity contribution in [1.82, 2.24) is 0 Å². The van der Waals surface area contributed by atoms with Gasteiger partial charge in [-0.3, -0.25) is 0 Å². The van der Waals surface area contributed by atoms with Crippen molar-refractivity contribution >= 4 is 5.97 Å².